The average molecular weight is 311 g/mol. The van der Waals surface area contributed by atoms with Gasteiger partial charge in [0, 0.05) is 36.9 Å². The highest BCUT2D eigenvalue weighted by Gasteiger charge is 2.23. The highest BCUT2D eigenvalue weighted by atomic mass is 32.2. The molecule has 1 heterocycles. The molecule has 0 spiro atoms. The summed E-state index contributed by atoms with van der Waals surface area (Å²) < 4.78 is 26.8. The van der Waals surface area contributed by atoms with Crippen LogP contribution in [-0.2, 0) is 10.0 Å². The molecule has 5 nitrogen and oxygen atoms in total. The van der Waals surface area contributed by atoms with E-state index < -0.39 is 10.0 Å². The van der Waals surface area contributed by atoms with Crippen molar-refractivity contribution in [3.63, 3.8) is 0 Å². The smallest absolute Gasteiger partial charge is 0.240 e. The van der Waals surface area contributed by atoms with Crippen LogP contribution in [-0.4, -0.2) is 39.6 Å². The van der Waals surface area contributed by atoms with E-state index >= 15 is 0 Å². The third-order valence-corrected chi connectivity index (χ3v) is 5.31. The van der Waals surface area contributed by atoms with Gasteiger partial charge < -0.3 is 10.2 Å². The number of benzene rings is 1. The molecule has 1 saturated heterocycles. The largest absolute Gasteiger partial charge is 0.366 e. The number of hydrogen-bond donors (Lipinski definition) is 2. The van der Waals surface area contributed by atoms with Crippen molar-refractivity contribution in [2.24, 2.45) is 0 Å². The summed E-state index contributed by atoms with van der Waals surface area (Å²) in [5.41, 5.74) is 1.07. The third-order valence-electron chi connectivity index (χ3n) is 3.63. The van der Waals surface area contributed by atoms with E-state index in [9.17, 15) is 8.42 Å². The molecule has 2 rings (SSSR count). The summed E-state index contributed by atoms with van der Waals surface area (Å²) in [6.45, 7) is 9.83. The van der Waals surface area contributed by atoms with Gasteiger partial charge in [-0.1, -0.05) is 0 Å². The minimum atomic E-state index is -3.41. The molecule has 1 aromatic carbocycles. The van der Waals surface area contributed by atoms with Crippen molar-refractivity contribution in [3.05, 3.63) is 24.3 Å². The molecule has 118 valence electrons. The number of rotatable bonds is 4. The Labute approximate surface area is 127 Å². The van der Waals surface area contributed by atoms with E-state index in [0.29, 0.717) is 17.0 Å². The van der Waals surface area contributed by atoms with E-state index in [2.05, 4.69) is 28.8 Å². The third kappa shape index (κ3) is 3.96. The minimum absolute atomic E-state index is 0.108. The van der Waals surface area contributed by atoms with E-state index in [0.717, 1.165) is 18.8 Å². The molecule has 0 aromatic heterocycles. The van der Waals surface area contributed by atoms with Crippen LogP contribution in [0.3, 0.4) is 0 Å². The maximum Gasteiger partial charge on any atom is 0.240 e. The Morgan fingerprint density at radius 1 is 1.24 bits per heavy atom. The summed E-state index contributed by atoms with van der Waals surface area (Å²) in [6, 6.07) is 7.87. The van der Waals surface area contributed by atoms with Gasteiger partial charge in [-0.3, -0.25) is 0 Å². The molecule has 0 radical (unpaired) electrons. The Morgan fingerprint density at radius 3 is 2.43 bits per heavy atom. The lowest BCUT2D eigenvalue weighted by atomic mass is 10.1. The first-order valence-corrected chi connectivity index (χ1v) is 8.90. The zero-order valence-electron chi connectivity index (χ0n) is 13.1. The van der Waals surface area contributed by atoms with Crippen LogP contribution in [0.15, 0.2) is 29.2 Å². The lowest BCUT2D eigenvalue weighted by Crippen LogP contribution is -2.54. The van der Waals surface area contributed by atoms with Gasteiger partial charge in [0.25, 0.3) is 0 Å². The molecule has 0 amide bonds. The van der Waals surface area contributed by atoms with Gasteiger partial charge in [0.1, 0.15) is 0 Å². The molecule has 1 aromatic rings. The van der Waals surface area contributed by atoms with E-state index in [-0.39, 0.29) is 6.04 Å². The first kappa shape index (κ1) is 16.3. The molecule has 0 saturated carbocycles. The van der Waals surface area contributed by atoms with E-state index in [4.69, 9.17) is 0 Å². The van der Waals surface area contributed by atoms with Gasteiger partial charge in [-0.2, -0.15) is 0 Å². The second-order valence-corrected chi connectivity index (χ2v) is 7.79. The monoisotopic (exact) mass is 311 g/mol. The average Bonchev–Trinajstić information content (AvgIpc) is 2.40. The molecule has 2 atom stereocenters. The summed E-state index contributed by atoms with van der Waals surface area (Å²) in [5, 5.41) is 3.44. The fourth-order valence-electron chi connectivity index (χ4n) is 2.58. The highest BCUT2D eigenvalue weighted by molar-refractivity contribution is 7.89. The minimum Gasteiger partial charge on any atom is -0.366 e. The zero-order chi connectivity index (χ0) is 15.6. The van der Waals surface area contributed by atoms with Crippen molar-refractivity contribution < 1.29 is 8.42 Å². The summed E-state index contributed by atoms with van der Waals surface area (Å²) in [6.07, 6.45) is 0. The Bertz CT molecular complexity index is 569. The van der Waals surface area contributed by atoms with Crippen molar-refractivity contribution in [1.29, 1.82) is 0 Å². The van der Waals surface area contributed by atoms with E-state index in [1.807, 2.05) is 26.0 Å². The lowest BCUT2D eigenvalue weighted by molar-refractivity contribution is 0.425. The molecule has 0 bridgehead atoms. The molecule has 2 unspecified atom stereocenters. The Balaban J connectivity index is 2.19. The van der Waals surface area contributed by atoms with Crippen molar-refractivity contribution >= 4 is 15.7 Å². The summed E-state index contributed by atoms with van der Waals surface area (Å²) in [4.78, 5) is 2.63. The van der Waals surface area contributed by atoms with Gasteiger partial charge in [0.2, 0.25) is 10.0 Å². The molecule has 21 heavy (non-hydrogen) atoms. The topological polar surface area (TPSA) is 61.4 Å². The summed E-state index contributed by atoms with van der Waals surface area (Å²) in [5.74, 6) is 0. The van der Waals surface area contributed by atoms with Crippen LogP contribution in [0.2, 0.25) is 0 Å². The first-order chi connectivity index (χ1) is 9.79. The van der Waals surface area contributed by atoms with Gasteiger partial charge in [0.05, 0.1) is 4.90 Å². The number of anilines is 1. The van der Waals surface area contributed by atoms with Crippen LogP contribution in [0.1, 0.15) is 27.7 Å². The second-order valence-electron chi connectivity index (χ2n) is 6.08. The number of sulfonamides is 1. The quantitative estimate of drug-likeness (QED) is 0.886. The maximum absolute atomic E-state index is 12.1. The Morgan fingerprint density at radius 2 is 1.86 bits per heavy atom. The van der Waals surface area contributed by atoms with Gasteiger partial charge in [-0.25, -0.2) is 13.1 Å². The molecule has 6 heteroatoms. The van der Waals surface area contributed by atoms with Crippen molar-refractivity contribution in [3.8, 4) is 0 Å². The number of nitrogens with zero attached hydrogens (tertiary/aromatic N) is 1. The second kappa shape index (κ2) is 6.34. The van der Waals surface area contributed by atoms with E-state index in [1.54, 1.807) is 12.1 Å². The van der Waals surface area contributed by atoms with Gasteiger partial charge in [-0.15, -0.1) is 0 Å². The van der Waals surface area contributed by atoms with Crippen LogP contribution in [0.25, 0.3) is 0 Å². The van der Waals surface area contributed by atoms with Gasteiger partial charge >= 0.3 is 0 Å². The summed E-state index contributed by atoms with van der Waals surface area (Å²) in [7, 11) is -3.41. The molecule has 1 aliphatic heterocycles. The normalized spacial score (nSPS) is 23.6. The van der Waals surface area contributed by atoms with Crippen LogP contribution in [0.4, 0.5) is 5.69 Å². The standard InChI is InChI=1S/C15H25N3O2S/c1-11(2)17-21(19,20)15-7-5-14(6-8-15)18-10-12(3)16-9-13(18)4/h5-8,11-13,16-17H,9-10H2,1-4H3. The first-order valence-electron chi connectivity index (χ1n) is 7.42. The number of nitrogens with one attached hydrogen (secondary N) is 2. The molecular formula is C15H25N3O2S. The number of piperazine rings is 1. The Hall–Kier alpha value is -1.11. The maximum atomic E-state index is 12.1. The Kier molecular flexibility index (Phi) is 4.91. The fraction of sp³-hybridized carbons (Fsp3) is 0.600. The fourth-order valence-corrected chi connectivity index (χ4v) is 3.83. The molecule has 2 N–H and O–H groups in total. The molecular weight excluding hydrogens is 286 g/mol. The molecule has 0 aliphatic carbocycles. The molecule has 1 fully saturated rings. The van der Waals surface area contributed by atoms with Crippen LogP contribution in [0, 0.1) is 0 Å². The van der Waals surface area contributed by atoms with Gasteiger partial charge in [-0.05, 0) is 52.0 Å². The van der Waals surface area contributed by atoms with Crippen LogP contribution < -0.4 is 14.9 Å². The van der Waals surface area contributed by atoms with Crippen molar-refractivity contribution in [2.75, 3.05) is 18.0 Å². The lowest BCUT2D eigenvalue weighted by Gasteiger charge is -2.39. The SMILES string of the molecule is CC(C)NS(=O)(=O)c1ccc(N2CC(C)NCC2C)cc1. The van der Waals surface area contributed by atoms with Gasteiger partial charge in [0.15, 0.2) is 0 Å². The predicted octanol–water partition coefficient (Wildman–Crippen LogP) is 1.56. The molecule has 1 aliphatic rings. The van der Waals surface area contributed by atoms with Crippen LogP contribution >= 0.6 is 0 Å². The summed E-state index contributed by atoms with van der Waals surface area (Å²) >= 11 is 0. The van der Waals surface area contributed by atoms with Crippen molar-refractivity contribution in [1.82, 2.24) is 10.0 Å². The predicted molar refractivity (Wildman–Crippen MR) is 86.2 cm³/mol. The van der Waals surface area contributed by atoms with Crippen LogP contribution in [0.5, 0.6) is 0 Å². The van der Waals surface area contributed by atoms with E-state index in [1.165, 1.54) is 0 Å². The highest BCUT2D eigenvalue weighted by Crippen LogP contribution is 2.22. The van der Waals surface area contributed by atoms with Crippen molar-refractivity contribution in [2.45, 2.75) is 50.7 Å². The number of hydrogen-bond acceptors (Lipinski definition) is 4. The zero-order valence-corrected chi connectivity index (χ0v) is 13.9.